The van der Waals surface area contributed by atoms with Crippen LogP contribution in [0.1, 0.15) is 48.8 Å². The van der Waals surface area contributed by atoms with Crippen molar-refractivity contribution in [2.75, 3.05) is 13.2 Å². The first-order chi connectivity index (χ1) is 14.1. The van der Waals surface area contributed by atoms with Crippen molar-refractivity contribution in [1.29, 1.82) is 0 Å². The predicted octanol–water partition coefficient (Wildman–Crippen LogP) is 4.50. The van der Waals surface area contributed by atoms with Crippen molar-refractivity contribution in [1.82, 2.24) is 9.88 Å². The number of fused-ring (bicyclic) bond motifs is 1. The summed E-state index contributed by atoms with van der Waals surface area (Å²) in [5.41, 5.74) is 6.59. The minimum Gasteiger partial charge on any atom is -0.493 e. The molecule has 0 bridgehead atoms. The number of nitrogens with two attached hydrogens (primary N) is 1. The highest BCUT2D eigenvalue weighted by Crippen LogP contribution is 2.40. The van der Waals surface area contributed by atoms with E-state index in [0.717, 1.165) is 6.07 Å². The monoisotopic (exact) mass is 421 g/mol. The van der Waals surface area contributed by atoms with Gasteiger partial charge in [0.2, 0.25) is 0 Å². The summed E-state index contributed by atoms with van der Waals surface area (Å²) in [6.07, 6.45) is -2.42. The van der Waals surface area contributed by atoms with Gasteiger partial charge in [-0.2, -0.15) is 13.2 Å². The van der Waals surface area contributed by atoms with Gasteiger partial charge in [-0.25, -0.2) is 0 Å². The fraction of sp³-hybridized carbons (Fsp3) is 0.455. The Labute approximate surface area is 174 Å². The molecule has 1 aromatic heterocycles. The van der Waals surface area contributed by atoms with Gasteiger partial charge in [-0.05, 0) is 55.5 Å². The van der Waals surface area contributed by atoms with Gasteiger partial charge in [0.05, 0.1) is 30.0 Å². The number of hydrogen-bond acceptors (Lipinski definition) is 4. The van der Waals surface area contributed by atoms with E-state index in [0.29, 0.717) is 41.9 Å². The third-order valence-electron chi connectivity index (χ3n) is 5.15. The van der Waals surface area contributed by atoms with E-state index in [1.807, 2.05) is 20.8 Å². The Morgan fingerprint density at radius 3 is 2.63 bits per heavy atom. The Bertz CT molecular complexity index is 928. The summed E-state index contributed by atoms with van der Waals surface area (Å²) in [4.78, 5) is 18.5. The molecule has 2 atom stereocenters. The van der Waals surface area contributed by atoms with Crippen LogP contribution in [0.2, 0.25) is 0 Å². The van der Waals surface area contributed by atoms with E-state index in [9.17, 15) is 18.0 Å². The smallest absolute Gasteiger partial charge is 0.419 e. The van der Waals surface area contributed by atoms with E-state index in [2.05, 4.69) is 4.98 Å². The number of amides is 1. The van der Waals surface area contributed by atoms with Crippen molar-refractivity contribution in [3.63, 3.8) is 0 Å². The van der Waals surface area contributed by atoms with Gasteiger partial charge in [0.1, 0.15) is 5.75 Å². The Morgan fingerprint density at radius 2 is 2.00 bits per heavy atom. The number of halogens is 3. The Kier molecular flexibility index (Phi) is 6.36. The largest absolute Gasteiger partial charge is 0.493 e. The summed E-state index contributed by atoms with van der Waals surface area (Å²) in [5.74, 6) is -0.420. The molecule has 0 radical (unpaired) electrons. The van der Waals surface area contributed by atoms with E-state index in [4.69, 9.17) is 10.5 Å². The standard InChI is InChI=1S/C22H26F3N3O2/c1-4-28-11-18-20(21(28)29)16(7-8-27-18)15-5-6-19(17(10-15)22(23,24)25)30-12-13(2)9-14(3)26/h5-8,10,13-14H,4,9,11-12,26H2,1-3H3. The van der Waals surface area contributed by atoms with E-state index in [-0.39, 0.29) is 30.2 Å². The van der Waals surface area contributed by atoms with Crippen LogP contribution in [0.5, 0.6) is 5.75 Å². The highest BCUT2D eigenvalue weighted by atomic mass is 19.4. The number of carbonyl (C=O) groups is 1. The number of hydrogen-bond donors (Lipinski definition) is 1. The van der Waals surface area contributed by atoms with Gasteiger partial charge in [0.15, 0.2) is 0 Å². The maximum absolute atomic E-state index is 13.8. The summed E-state index contributed by atoms with van der Waals surface area (Å²) in [6, 6.07) is 5.44. The van der Waals surface area contributed by atoms with Crippen molar-refractivity contribution in [3.05, 3.63) is 47.3 Å². The van der Waals surface area contributed by atoms with E-state index in [1.165, 1.54) is 12.3 Å². The van der Waals surface area contributed by atoms with Crippen molar-refractivity contribution in [2.45, 2.75) is 46.0 Å². The summed E-state index contributed by atoms with van der Waals surface area (Å²) >= 11 is 0. The number of pyridine rings is 1. The Hall–Kier alpha value is -2.61. The predicted molar refractivity (Wildman–Crippen MR) is 108 cm³/mol. The number of carbonyl (C=O) groups excluding carboxylic acids is 1. The zero-order valence-electron chi connectivity index (χ0n) is 17.3. The average molecular weight is 421 g/mol. The maximum Gasteiger partial charge on any atom is 0.419 e. The fourth-order valence-corrected chi connectivity index (χ4v) is 3.75. The highest BCUT2D eigenvalue weighted by Gasteiger charge is 2.36. The molecule has 1 aliphatic heterocycles. The second kappa shape index (κ2) is 8.63. The first-order valence-electron chi connectivity index (χ1n) is 9.99. The number of benzene rings is 1. The van der Waals surface area contributed by atoms with Crippen molar-refractivity contribution in [2.24, 2.45) is 11.7 Å². The zero-order valence-corrected chi connectivity index (χ0v) is 17.3. The van der Waals surface area contributed by atoms with Gasteiger partial charge < -0.3 is 15.4 Å². The van der Waals surface area contributed by atoms with Gasteiger partial charge in [0, 0.05) is 18.8 Å². The second-order valence-electron chi connectivity index (χ2n) is 7.84. The lowest BCUT2D eigenvalue weighted by atomic mass is 9.97. The van der Waals surface area contributed by atoms with Crippen LogP contribution < -0.4 is 10.5 Å². The fourth-order valence-electron chi connectivity index (χ4n) is 3.75. The summed E-state index contributed by atoms with van der Waals surface area (Å²) < 4.78 is 46.8. The van der Waals surface area contributed by atoms with Crippen LogP contribution in [0.15, 0.2) is 30.5 Å². The van der Waals surface area contributed by atoms with E-state index in [1.54, 1.807) is 17.0 Å². The summed E-state index contributed by atoms with van der Waals surface area (Å²) in [6.45, 7) is 6.59. The molecule has 0 spiro atoms. The second-order valence-corrected chi connectivity index (χ2v) is 7.84. The third kappa shape index (κ3) is 4.59. The Morgan fingerprint density at radius 1 is 1.27 bits per heavy atom. The minimum absolute atomic E-state index is 0.0203. The molecule has 162 valence electrons. The van der Waals surface area contributed by atoms with Crippen molar-refractivity contribution in [3.8, 4) is 16.9 Å². The van der Waals surface area contributed by atoms with Crippen LogP contribution >= 0.6 is 0 Å². The SMILES string of the molecule is CCN1Cc2nccc(-c3ccc(OCC(C)CC(C)N)c(C(F)(F)F)c3)c2C1=O. The molecule has 1 aromatic carbocycles. The number of nitrogens with zero attached hydrogens (tertiary/aromatic N) is 2. The van der Waals surface area contributed by atoms with Gasteiger partial charge in [-0.15, -0.1) is 0 Å². The molecule has 0 aliphatic carbocycles. The molecular formula is C22H26F3N3O2. The van der Waals surface area contributed by atoms with E-state index < -0.39 is 11.7 Å². The van der Waals surface area contributed by atoms with Crippen LogP contribution in [-0.4, -0.2) is 35.0 Å². The molecule has 2 unspecified atom stereocenters. The van der Waals surface area contributed by atoms with Gasteiger partial charge in [-0.3, -0.25) is 9.78 Å². The highest BCUT2D eigenvalue weighted by molar-refractivity contribution is 6.04. The van der Waals surface area contributed by atoms with Crippen molar-refractivity contribution < 1.29 is 22.7 Å². The molecule has 0 saturated carbocycles. The molecule has 1 amide bonds. The molecule has 2 aromatic rings. The molecule has 0 saturated heterocycles. The summed E-state index contributed by atoms with van der Waals surface area (Å²) in [5, 5.41) is 0. The Balaban J connectivity index is 1.96. The van der Waals surface area contributed by atoms with Gasteiger partial charge >= 0.3 is 6.18 Å². The molecule has 2 N–H and O–H groups in total. The quantitative estimate of drug-likeness (QED) is 0.715. The van der Waals surface area contributed by atoms with Crippen LogP contribution in [0.3, 0.4) is 0 Å². The first-order valence-corrected chi connectivity index (χ1v) is 9.99. The van der Waals surface area contributed by atoms with E-state index >= 15 is 0 Å². The maximum atomic E-state index is 13.8. The number of rotatable bonds is 7. The topological polar surface area (TPSA) is 68.5 Å². The van der Waals surface area contributed by atoms with Gasteiger partial charge in [0.25, 0.3) is 5.91 Å². The molecular weight excluding hydrogens is 395 g/mol. The average Bonchev–Trinajstić information content (AvgIpc) is 3.01. The lowest BCUT2D eigenvalue weighted by Crippen LogP contribution is -2.23. The molecule has 0 fully saturated rings. The number of alkyl halides is 3. The molecule has 1 aliphatic rings. The zero-order chi connectivity index (χ0) is 22.1. The molecule has 8 heteroatoms. The number of aromatic nitrogens is 1. The molecule has 30 heavy (non-hydrogen) atoms. The number of ether oxygens (including phenoxy) is 1. The molecule has 3 rings (SSSR count). The van der Waals surface area contributed by atoms with Crippen molar-refractivity contribution >= 4 is 5.91 Å². The molecule has 2 heterocycles. The molecule has 5 nitrogen and oxygen atoms in total. The minimum atomic E-state index is -4.59. The normalized spacial score (nSPS) is 15.8. The van der Waals surface area contributed by atoms with Crippen LogP contribution in [-0.2, 0) is 12.7 Å². The lowest BCUT2D eigenvalue weighted by Gasteiger charge is -2.19. The first kappa shape index (κ1) is 22.1. The third-order valence-corrected chi connectivity index (χ3v) is 5.15. The van der Waals surface area contributed by atoms with Crippen LogP contribution in [0, 0.1) is 5.92 Å². The van der Waals surface area contributed by atoms with Crippen LogP contribution in [0.25, 0.3) is 11.1 Å². The van der Waals surface area contributed by atoms with Crippen LogP contribution in [0.4, 0.5) is 13.2 Å². The lowest BCUT2D eigenvalue weighted by molar-refractivity contribution is -0.139. The van der Waals surface area contributed by atoms with Gasteiger partial charge in [-0.1, -0.05) is 13.0 Å². The summed E-state index contributed by atoms with van der Waals surface area (Å²) in [7, 11) is 0.